The van der Waals surface area contributed by atoms with Gasteiger partial charge in [0.25, 0.3) is 0 Å². The number of halogens is 1. The molecular weight excluding hydrogens is 372 g/mol. The van der Waals surface area contributed by atoms with Crippen LogP contribution in [0.3, 0.4) is 0 Å². The minimum absolute atomic E-state index is 0.126. The first-order valence-electron chi connectivity index (χ1n) is 9.12. The Bertz CT molecular complexity index is 1020. The predicted octanol–water partition coefficient (Wildman–Crippen LogP) is 5.25. The van der Waals surface area contributed by atoms with Crippen molar-refractivity contribution in [2.45, 2.75) is 19.6 Å². The van der Waals surface area contributed by atoms with E-state index in [1.165, 1.54) is 4.90 Å². The van der Waals surface area contributed by atoms with E-state index in [1.54, 1.807) is 29.2 Å². The monoisotopic (exact) mass is 392 g/mol. The molecule has 1 unspecified atom stereocenters. The van der Waals surface area contributed by atoms with Crippen molar-refractivity contribution in [1.29, 1.82) is 0 Å². The number of rotatable bonds is 3. The van der Waals surface area contributed by atoms with E-state index >= 15 is 0 Å². The van der Waals surface area contributed by atoms with Crippen LogP contribution >= 0.6 is 11.6 Å². The molecule has 4 rings (SSSR count). The number of carbonyl (C=O) groups is 1. The van der Waals surface area contributed by atoms with Gasteiger partial charge in [-0.3, -0.25) is 9.80 Å². The van der Waals surface area contributed by atoms with Crippen molar-refractivity contribution in [2.75, 3.05) is 16.3 Å². The largest absolute Gasteiger partial charge is 0.365 e. The Morgan fingerprint density at radius 1 is 0.893 bits per heavy atom. The summed E-state index contributed by atoms with van der Waals surface area (Å²) in [4.78, 5) is 16.5. The Kier molecular flexibility index (Phi) is 4.61. The van der Waals surface area contributed by atoms with Crippen molar-refractivity contribution in [1.82, 2.24) is 0 Å². The molecule has 4 nitrogen and oxygen atoms in total. The summed E-state index contributed by atoms with van der Waals surface area (Å²) in [6, 6.07) is 22.0. The molecule has 1 heterocycles. The van der Waals surface area contributed by atoms with Crippen molar-refractivity contribution in [3.05, 3.63) is 94.5 Å². The van der Waals surface area contributed by atoms with Gasteiger partial charge in [-0.15, -0.1) is 0 Å². The first-order chi connectivity index (χ1) is 13.4. The summed E-state index contributed by atoms with van der Waals surface area (Å²) in [7, 11) is 0. The Labute approximate surface area is 169 Å². The second-order valence-electron chi connectivity index (χ2n) is 7.20. The zero-order chi connectivity index (χ0) is 19.9. The molecule has 0 saturated carbocycles. The van der Waals surface area contributed by atoms with Crippen molar-refractivity contribution in [2.24, 2.45) is 0 Å². The number of amides is 2. The second kappa shape index (κ2) is 6.97. The fourth-order valence-electron chi connectivity index (χ4n) is 3.59. The van der Waals surface area contributed by atoms with Gasteiger partial charge < -0.3 is 5.11 Å². The summed E-state index contributed by atoms with van der Waals surface area (Å²) >= 11 is 6.03. The summed E-state index contributed by atoms with van der Waals surface area (Å²) in [5.74, 6) is 0. The Morgan fingerprint density at radius 3 is 2.18 bits per heavy atom. The van der Waals surface area contributed by atoms with Gasteiger partial charge in [-0.05, 0) is 50.2 Å². The van der Waals surface area contributed by atoms with E-state index in [0.717, 1.165) is 16.8 Å². The number of β-amino-alcohol motifs (C(OH)–C–C–N with tert-alkyl or cyclic N) is 1. The third kappa shape index (κ3) is 3.15. The van der Waals surface area contributed by atoms with Gasteiger partial charge in [-0.1, -0.05) is 59.1 Å². The molecule has 0 bridgehead atoms. The number of nitrogens with zero attached hydrogens (tertiary/aromatic N) is 2. The molecule has 1 fully saturated rings. The fraction of sp³-hybridized carbons (Fsp3) is 0.174. The number of hydrogen-bond acceptors (Lipinski definition) is 2. The number of aliphatic hydroxyl groups is 1. The Balaban J connectivity index is 1.84. The molecule has 28 heavy (non-hydrogen) atoms. The van der Waals surface area contributed by atoms with Gasteiger partial charge in [0.05, 0.1) is 6.54 Å². The molecule has 1 N–H and O–H groups in total. The van der Waals surface area contributed by atoms with Crippen LogP contribution in [-0.2, 0) is 5.72 Å². The van der Waals surface area contributed by atoms with Gasteiger partial charge >= 0.3 is 6.03 Å². The summed E-state index contributed by atoms with van der Waals surface area (Å²) in [6.07, 6.45) is 0. The van der Waals surface area contributed by atoms with Crippen LogP contribution in [0.1, 0.15) is 16.7 Å². The van der Waals surface area contributed by atoms with E-state index in [0.29, 0.717) is 16.3 Å². The van der Waals surface area contributed by atoms with E-state index in [-0.39, 0.29) is 12.6 Å². The van der Waals surface area contributed by atoms with Crippen molar-refractivity contribution >= 4 is 29.0 Å². The van der Waals surface area contributed by atoms with E-state index in [9.17, 15) is 9.90 Å². The number of carbonyl (C=O) groups excluding carboxylic acids is 1. The number of urea groups is 1. The maximum atomic E-state index is 13.4. The normalized spacial score (nSPS) is 19.4. The zero-order valence-electron chi connectivity index (χ0n) is 15.8. The molecule has 142 valence electrons. The lowest BCUT2D eigenvalue weighted by atomic mass is 9.99. The molecule has 0 radical (unpaired) electrons. The molecule has 2 amide bonds. The van der Waals surface area contributed by atoms with E-state index in [1.807, 2.05) is 62.4 Å². The first-order valence-corrected chi connectivity index (χ1v) is 9.50. The minimum Gasteiger partial charge on any atom is -0.365 e. The first kappa shape index (κ1) is 18.5. The molecule has 5 heteroatoms. The number of hydrogen-bond donors (Lipinski definition) is 1. The van der Waals surface area contributed by atoms with Crippen LogP contribution in [0.2, 0.25) is 5.02 Å². The Morgan fingerprint density at radius 2 is 1.54 bits per heavy atom. The molecular formula is C23H21ClN2O2. The lowest BCUT2D eigenvalue weighted by Crippen LogP contribution is -2.44. The smallest absolute Gasteiger partial charge is 0.331 e. The van der Waals surface area contributed by atoms with E-state index in [4.69, 9.17) is 11.6 Å². The number of benzene rings is 3. The molecule has 1 aliphatic rings. The number of anilines is 2. The highest BCUT2D eigenvalue weighted by Crippen LogP contribution is 2.40. The van der Waals surface area contributed by atoms with Gasteiger partial charge in [0.1, 0.15) is 0 Å². The topological polar surface area (TPSA) is 43.8 Å². The molecule has 1 atom stereocenters. The summed E-state index contributed by atoms with van der Waals surface area (Å²) in [6.45, 7) is 4.09. The number of aryl methyl sites for hydroxylation is 2. The van der Waals surface area contributed by atoms with Gasteiger partial charge in [-0.2, -0.15) is 0 Å². The molecule has 3 aromatic rings. The van der Waals surface area contributed by atoms with Crippen LogP contribution in [0.25, 0.3) is 0 Å². The van der Waals surface area contributed by atoms with Gasteiger partial charge in [0, 0.05) is 22.0 Å². The van der Waals surface area contributed by atoms with Crippen molar-refractivity contribution < 1.29 is 9.90 Å². The zero-order valence-corrected chi connectivity index (χ0v) is 16.5. The molecule has 3 aromatic carbocycles. The summed E-state index contributed by atoms with van der Waals surface area (Å²) in [5.41, 5.74) is 2.64. The molecule has 1 saturated heterocycles. The van der Waals surface area contributed by atoms with Crippen LogP contribution < -0.4 is 9.80 Å². The maximum Gasteiger partial charge on any atom is 0.331 e. The summed E-state index contributed by atoms with van der Waals surface area (Å²) in [5, 5.41) is 12.3. The van der Waals surface area contributed by atoms with E-state index in [2.05, 4.69) is 0 Å². The third-order valence-corrected chi connectivity index (χ3v) is 5.33. The quantitative estimate of drug-likeness (QED) is 0.661. The molecule has 1 aliphatic heterocycles. The lowest BCUT2D eigenvalue weighted by molar-refractivity contribution is 0.0655. The highest BCUT2D eigenvalue weighted by Gasteiger charge is 2.51. The van der Waals surface area contributed by atoms with Gasteiger partial charge in [0.15, 0.2) is 5.72 Å². The van der Waals surface area contributed by atoms with Crippen molar-refractivity contribution in [3.8, 4) is 0 Å². The average Bonchev–Trinajstić information content (AvgIpc) is 2.95. The predicted molar refractivity (Wildman–Crippen MR) is 113 cm³/mol. The summed E-state index contributed by atoms with van der Waals surface area (Å²) < 4.78 is 0. The van der Waals surface area contributed by atoms with Crippen LogP contribution in [0.5, 0.6) is 0 Å². The van der Waals surface area contributed by atoms with Crippen molar-refractivity contribution in [3.63, 3.8) is 0 Å². The Hall–Kier alpha value is -2.82. The van der Waals surface area contributed by atoms with Crippen LogP contribution in [0.15, 0.2) is 72.8 Å². The minimum atomic E-state index is -1.50. The van der Waals surface area contributed by atoms with Crippen LogP contribution in [0.4, 0.5) is 16.2 Å². The fourth-order valence-corrected chi connectivity index (χ4v) is 3.72. The molecule has 0 aromatic heterocycles. The molecule has 0 aliphatic carbocycles. The van der Waals surface area contributed by atoms with Gasteiger partial charge in [0.2, 0.25) is 0 Å². The second-order valence-corrected chi connectivity index (χ2v) is 7.64. The average molecular weight is 393 g/mol. The van der Waals surface area contributed by atoms with Gasteiger partial charge in [-0.25, -0.2) is 4.79 Å². The van der Waals surface area contributed by atoms with Crippen LogP contribution in [0, 0.1) is 13.8 Å². The highest BCUT2D eigenvalue weighted by molar-refractivity contribution is 6.30. The highest BCUT2D eigenvalue weighted by atomic mass is 35.5. The third-order valence-electron chi connectivity index (χ3n) is 5.08. The van der Waals surface area contributed by atoms with E-state index < -0.39 is 5.72 Å². The molecule has 0 spiro atoms. The lowest BCUT2D eigenvalue weighted by Gasteiger charge is -2.32. The maximum absolute atomic E-state index is 13.4. The van der Waals surface area contributed by atoms with Crippen LogP contribution in [-0.4, -0.2) is 17.7 Å². The standard InChI is InChI=1S/C23H21ClN2O2/c1-16-6-10-20(11-7-16)25-15-23(28,18-5-3-4-17(2)14-18)26(22(25)27)21-12-8-19(24)9-13-21/h3-14,28H,15H2,1-2H3. The SMILES string of the molecule is Cc1ccc(N2CC(O)(c3cccc(C)c3)N(c3ccc(Cl)cc3)C2=O)cc1.